The molecule has 1 amide bonds. The second-order valence-corrected chi connectivity index (χ2v) is 5.17. The lowest BCUT2D eigenvalue weighted by Gasteiger charge is -2.21. The maximum atomic E-state index is 13.8. The standard InChI is InChI=1S/C17H17F2NO2/c1-11(21)17(18,19)14-9-7-13(8-10-14)15(16(20)22)12-5-3-2-4-6-12/h2-11,15,21H,1H3,(H2,20,22). The molecule has 3 nitrogen and oxygen atoms in total. The van der Waals surface area contributed by atoms with Gasteiger partial charge in [0.15, 0.2) is 0 Å². The van der Waals surface area contributed by atoms with E-state index < -0.39 is 23.9 Å². The number of nitrogens with two attached hydrogens (primary N) is 1. The van der Waals surface area contributed by atoms with Crippen LogP contribution in [-0.4, -0.2) is 17.1 Å². The van der Waals surface area contributed by atoms with E-state index in [2.05, 4.69) is 0 Å². The molecule has 0 aliphatic heterocycles. The summed E-state index contributed by atoms with van der Waals surface area (Å²) in [6.07, 6.45) is -1.79. The van der Waals surface area contributed by atoms with Crippen LogP contribution in [0.2, 0.25) is 0 Å². The molecule has 3 N–H and O–H groups in total. The Morgan fingerprint density at radius 2 is 1.55 bits per heavy atom. The highest BCUT2D eigenvalue weighted by Gasteiger charge is 2.37. The summed E-state index contributed by atoms with van der Waals surface area (Å²) in [6, 6.07) is 14.2. The number of aliphatic hydroxyl groups is 1. The molecule has 22 heavy (non-hydrogen) atoms. The fourth-order valence-electron chi connectivity index (χ4n) is 2.31. The zero-order valence-corrected chi connectivity index (χ0v) is 12.0. The fourth-order valence-corrected chi connectivity index (χ4v) is 2.31. The molecule has 0 saturated carbocycles. The molecule has 0 fully saturated rings. The third-order valence-corrected chi connectivity index (χ3v) is 3.57. The van der Waals surface area contributed by atoms with Gasteiger partial charge in [-0.05, 0) is 18.1 Å². The molecule has 0 aliphatic carbocycles. The van der Waals surface area contributed by atoms with Gasteiger partial charge in [-0.2, -0.15) is 8.78 Å². The van der Waals surface area contributed by atoms with E-state index in [0.29, 0.717) is 11.1 Å². The van der Waals surface area contributed by atoms with Gasteiger partial charge in [-0.3, -0.25) is 4.79 Å². The first kappa shape index (κ1) is 16.1. The first-order valence-corrected chi connectivity index (χ1v) is 6.84. The molecule has 2 rings (SSSR count). The van der Waals surface area contributed by atoms with Gasteiger partial charge in [-0.1, -0.05) is 54.6 Å². The molecule has 0 radical (unpaired) electrons. The van der Waals surface area contributed by atoms with Crippen LogP contribution in [0.15, 0.2) is 54.6 Å². The highest BCUT2D eigenvalue weighted by molar-refractivity contribution is 5.85. The van der Waals surface area contributed by atoms with Gasteiger partial charge in [0.25, 0.3) is 5.92 Å². The second kappa shape index (κ2) is 6.23. The minimum atomic E-state index is -3.34. The number of amides is 1. The van der Waals surface area contributed by atoms with Crippen LogP contribution in [0.4, 0.5) is 8.78 Å². The third kappa shape index (κ3) is 3.14. The molecule has 0 heterocycles. The van der Waals surface area contributed by atoms with Crippen molar-refractivity contribution in [2.45, 2.75) is 24.9 Å². The van der Waals surface area contributed by atoms with Crippen LogP contribution in [-0.2, 0) is 10.7 Å². The molecule has 5 heteroatoms. The molecule has 116 valence electrons. The lowest BCUT2D eigenvalue weighted by molar-refractivity contribution is -0.118. The second-order valence-electron chi connectivity index (χ2n) is 5.17. The Labute approximate surface area is 127 Å². The largest absolute Gasteiger partial charge is 0.387 e. The van der Waals surface area contributed by atoms with Crippen molar-refractivity contribution in [1.29, 1.82) is 0 Å². The zero-order valence-electron chi connectivity index (χ0n) is 12.0. The Kier molecular flexibility index (Phi) is 4.56. The lowest BCUT2D eigenvalue weighted by Crippen LogP contribution is -2.28. The zero-order chi connectivity index (χ0) is 16.3. The number of alkyl halides is 2. The summed E-state index contributed by atoms with van der Waals surface area (Å²) in [4.78, 5) is 11.7. The van der Waals surface area contributed by atoms with Crippen molar-refractivity contribution in [3.05, 3.63) is 71.3 Å². The molecule has 2 aromatic carbocycles. The van der Waals surface area contributed by atoms with E-state index in [0.717, 1.165) is 6.92 Å². The Hall–Kier alpha value is -2.27. The maximum Gasteiger partial charge on any atom is 0.298 e. The normalized spacial score (nSPS) is 14.4. The number of rotatable bonds is 5. The van der Waals surface area contributed by atoms with Gasteiger partial charge in [-0.25, -0.2) is 0 Å². The Balaban J connectivity index is 2.38. The minimum Gasteiger partial charge on any atom is -0.387 e. The highest BCUT2D eigenvalue weighted by Crippen LogP contribution is 2.33. The quantitative estimate of drug-likeness (QED) is 0.892. The van der Waals surface area contributed by atoms with Gasteiger partial charge < -0.3 is 10.8 Å². The van der Waals surface area contributed by atoms with Crippen molar-refractivity contribution < 1.29 is 18.7 Å². The summed E-state index contributed by atoms with van der Waals surface area (Å²) in [5.74, 6) is -4.59. The van der Waals surface area contributed by atoms with Gasteiger partial charge in [0.05, 0.1) is 5.92 Å². The molecule has 2 atom stereocenters. The maximum absolute atomic E-state index is 13.8. The Morgan fingerprint density at radius 1 is 1.05 bits per heavy atom. The average Bonchev–Trinajstić information content (AvgIpc) is 2.48. The number of hydrogen-bond acceptors (Lipinski definition) is 2. The molecule has 2 unspecified atom stereocenters. The van der Waals surface area contributed by atoms with Crippen molar-refractivity contribution in [1.82, 2.24) is 0 Å². The number of primary amides is 1. The average molecular weight is 305 g/mol. The summed E-state index contributed by atoms with van der Waals surface area (Å²) in [5.41, 5.74) is 6.37. The van der Waals surface area contributed by atoms with E-state index in [-0.39, 0.29) is 5.56 Å². The van der Waals surface area contributed by atoms with E-state index in [4.69, 9.17) is 10.8 Å². The van der Waals surface area contributed by atoms with E-state index in [1.807, 2.05) is 6.07 Å². The number of benzene rings is 2. The van der Waals surface area contributed by atoms with Crippen LogP contribution < -0.4 is 5.73 Å². The predicted octanol–water partition coefficient (Wildman–Crippen LogP) is 2.78. The summed E-state index contributed by atoms with van der Waals surface area (Å²) >= 11 is 0. The van der Waals surface area contributed by atoms with Gasteiger partial charge in [0.1, 0.15) is 6.10 Å². The fraction of sp³-hybridized carbons (Fsp3) is 0.235. The minimum absolute atomic E-state index is 0.303. The van der Waals surface area contributed by atoms with E-state index in [1.165, 1.54) is 24.3 Å². The number of aliphatic hydroxyl groups excluding tert-OH is 1. The highest BCUT2D eigenvalue weighted by atomic mass is 19.3. The molecule has 2 aromatic rings. The van der Waals surface area contributed by atoms with Crippen LogP contribution >= 0.6 is 0 Å². The summed E-state index contributed by atoms with van der Waals surface area (Å²) < 4.78 is 27.5. The summed E-state index contributed by atoms with van der Waals surface area (Å²) in [6.45, 7) is 1.03. The first-order chi connectivity index (χ1) is 10.3. The first-order valence-electron chi connectivity index (χ1n) is 6.84. The van der Waals surface area contributed by atoms with Crippen molar-refractivity contribution in [3.8, 4) is 0 Å². The van der Waals surface area contributed by atoms with Crippen LogP contribution in [0.5, 0.6) is 0 Å². The number of halogens is 2. The predicted molar refractivity (Wildman–Crippen MR) is 79.5 cm³/mol. The number of hydrogen-bond donors (Lipinski definition) is 2. The Bertz CT molecular complexity index is 639. The van der Waals surface area contributed by atoms with Crippen molar-refractivity contribution in [2.75, 3.05) is 0 Å². The molecule has 0 saturated heterocycles. The van der Waals surface area contributed by atoms with Gasteiger partial charge >= 0.3 is 0 Å². The summed E-state index contributed by atoms with van der Waals surface area (Å²) in [7, 11) is 0. The Morgan fingerprint density at radius 3 is 2.00 bits per heavy atom. The van der Waals surface area contributed by atoms with Gasteiger partial charge in [0.2, 0.25) is 5.91 Å². The van der Waals surface area contributed by atoms with Crippen LogP contribution in [0.25, 0.3) is 0 Å². The summed E-state index contributed by atoms with van der Waals surface area (Å²) in [5, 5.41) is 9.15. The number of carbonyl (C=O) groups excluding carboxylic acids is 1. The van der Waals surface area contributed by atoms with Gasteiger partial charge in [0, 0.05) is 5.56 Å². The SMILES string of the molecule is CC(O)C(F)(F)c1ccc(C(C(N)=O)c2ccccc2)cc1. The molecule has 0 spiro atoms. The van der Waals surface area contributed by atoms with Crippen LogP contribution in [0.1, 0.15) is 29.5 Å². The van der Waals surface area contributed by atoms with Crippen molar-refractivity contribution in [2.24, 2.45) is 5.73 Å². The van der Waals surface area contributed by atoms with Crippen LogP contribution in [0.3, 0.4) is 0 Å². The molecule has 0 aromatic heterocycles. The van der Waals surface area contributed by atoms with E-state index in [1.54, 1.807) is 24.3 Å². The molecule has 0 aliphatic rings. The topological polar surface area (TPSA) is 63.3 Å². The third-order valence-electron chi connectivity index (χ3n) is 3.57. The smallest absolute Gasteiger partial charge is 0.298 e. The molecular formula is C17H17F2NO2. The van der Waals surface area contributed by atoms with E-state index >= 15 is 0 Å². The van der Waals surface area contributed by atoms with Gasteiger partial charge in [-0.15, -0.1) is 0 Å². The van der Waals surface area contributed by atoms with E-state index in [9.17, 15) is 13.6 Å². The number of carbonyl (C=O) groups is 1. The molecular weight excluding hydrogens is 288 g/mol. The van der Waals surface area contributed by atoms with Crippen LogP contribution in [0, 0.1) is 0 Å². The monoisotopic (exact) mass is 305 g/mol. The molecule has 0 bridgehead atoms. The van der Waals surface area contributed by atoms with Crippen molar-refractivity contribution in [3.63, 3.8) is 0 Å². The lowest BCUT2D eigenvalue weighted by atomic mass is 9.89. The van der Waals surface area contributed by atoms with Crippen molar-refractivity contribution >= 4 is 5.91 Å².